The average Bonchev–Trinajstić information content (AvgIpc) is 3.59. The van der Waals surface area contributed by atoms with Gasteiger partial charge in [-0.2, -0.15) is 0 Å². The molecule has 1 aromatic carbocycles. The third-order valence-corrected chi connectivity index (χ3v) is 6.86. The summed E-state index contributed by atoms with van der Waals surface area (Å²) in [4.78, 5) is 49.2. The highest BCUT2D eigenvalue weighted by Crippen LogP contribution is 2.37. The van der Waals surface area contributed by atoms with Crippen LogP contribution in [0.5, 0.6) is 11.5 Å². The number of fused-ring (bicyclic) bond motifs is 1. The molecule has 3 heterocycles. The van der Waals surface area contributed by atoms with Crippen LogP contribution in [0, 0.1) is 5.92 Å². The topological polar surface area (TPSA) is 120 Å². The van der Waals surface area contributed by atoms with Crippen LogP contribution in [0.25, 0.3) is 0 Å². The van der Waals surface area contributed by atoms with Gasteiger partial charge in [0.2, 0.25) is 12.7 Å². The van der Waals surface area contributed by atoms with Crippen molar-refractivity contribution in [2.24, 2.45) is 5.92 Å². The number of amides is 2. The van der Waals surface area contributed by atoms with Gasteiger partial charge >= 0.3 is 12.1 Å². The molecule has 2 amide bonds. The maximum absolute atomic E-state index is 14.1. The Balaban J connectivity index is 1.74. The normalized spacial score (nSPS) is 17.5. The number of nitrogens with one attached hydrogen (secondary N) is 1. The Hall–Kier alpha value is -3.56. The Kier molecular flexibility index (Phi) is 8.51. The number of aromatic nitrogens is 2. The number of H-pyrrole nitrogens is 1. The van der Waals surface area contributed by atoms with Crippen LogP contribution in [0.2, 0.25) is 0 Å². The smallest absolute Gasteiger partial charge is 0.417 e. The number of imide groups is 1. The van der Waals surface area contributed by atoms with Gasteiger partial charge in [0.15, 0.2) is 11.5 Å². The first kappa shape index (κ1) is 28.4. The summed E-state index contributed by atoms with van der Waals surface area (Å²) < 4.78 is 22.0. The number of benzene rings is 1. The number of cyclic esters (lactones) is 1. The number of hydrogen-bond donors (Lipinski definition) is 1. The summed E-state index contributed by atoms with van der Waals surface area (Å²) in [7, 11) is 0. The molecular formula is C29H39N3O7. The third-order valence-electron chi connectivity index (χ3n) is 6.86. The Morgan fingerprint density at radius 2 is 1.90 bits per heavy atom. The van der Waals surface area contributed by atoms with Crippen LogP contribution in [0.4, 0.5) is 4.79 Å². The predicted molar refractivity (Wildman–Crippen MR) is 143 cm³/mol. The monoisotopic (exact) mass is 541 g/mol. The van der Waals surface area contributed by atoms with Crippen molar-refractivity contribution in [3.63, 3.8) is 0 Å². The lowest BCUT2D eigenvalue weighted by atomic mass is 9.90. The van der Waals surface area contributed by atoms with Crippen molar-refractivity contribution >= 4 is 18.0 Å². The van der Waals surface area contributed by atoms with Crippen LogP contribution in [-0.2, 0) is 27.1 Å². The second-order valence-corrected chi connectivity index (χ2v) is 11.4. The first-order valence-electron chi connectivity index (χ1n) is 13.7. The SMILES string of the molecule is CCCCCc1nc(CC(C(=O)N2C(=O)OC[C@@H]2C(C)C)c2ccc3c(c2)OCO3)c(C(=O)OC(C)(C)C)[nH]1. The first-order chi connectivity index (χ1) is 18.5. The van der Waals surface area contributed by atoms with Crippen molar-refractivity contribution < 1.29 is 33.3 Å². The Bertz CT molecular complexity index is 1210. The van der Waals surface area contributed by atoms with Gasteiger partial charge in [-0.25, -0.2) is 19.5 Å². The van der Waals surface area contributed by atoms with E-state index in [2.05, 4.69) is 11.9 Å². The minimum atomic E-state index is -0.834. The summed E-state index contributed by atoms with van der Waals surface area (Å²) in [5, 5.41) is 0. The van der Waals surface area contributed by atoms with Crippen LogP contribution < -0.4 is 9.47 Å². The molecule has 212 valence electrons. The van der Waals surface area contributed by atoms with Crippen molar-refractivity contribution in [2.45, 2.75) is 91.2 Å². The molecule has 10 nitrogen and oxygen atoms in total. The Morgan fingerprint density at radius 1 is 1.15 bits per heavy atom. The molecule has 10 heteroatoms. The summed E-state index contributed by atoms with van der Waals surface area (Å²) in [6.45, 7) is 11.6. The lowest BCUT2D eigenvalue weighted by Crippen LogP contribution is -2.44. The summed E-state index contributed by atoms with van der Waals surface area (Å²) >= 11 is 0. The van der Waals surface area contributed by atoms with Gasteiger partial charge in [0, 0.05) is 12.8 Å². The lowest BCUT2D eigenvalue weighted by Gasteiger charge is -2.27. The standard InChI is InChI=1S/C29H39N3O7/c1-7-8-9-10-24-30-20(25(31-24)27(34)39-29(4,5)6)14-19(18-11-12-22-23(13-18)38-16-37-22)26(33)32-21(17(2)3)15-36-28(32)35/h11-13,17,19,21H,7-10,14-16H2,1-6H3,(H,30,31)/t19?,21-/m1/s1. The molecule has 2 aliphatic rings. The molecule has 0 aliphatic carbocycles. The molecule has 2 aliphatic heterocycles. The van der Waals surface area contributed by atoms with Crippen LogP contribution in [0.3, 0.4) is 0 Å². The van der Waals surface area contributed by atoms with Crippen LogP contribution in [0.1, 0.15) is 94.3 Å². The molecule has 4 rings (SSSR count). The number of unbranched alkanes of at least 4 members (excludes halogenated alkanes) is 2. The second-order valence-electron chi connectivity index (χ2n) is 11.4. The van der Waals surface area contributed by atoms with E-state index in [9.17, 15) is 14.4 Å². The average molecular weight is 542 g/mol. The van der Waals surface area contributed by atoms with E-state index in [1.165, 1.54) is 4.90 Å². The molecule has 1 saturated heterocycles. The molecular weight excluding hydrogens is 502 g/mol. The number of carbonyl (C=O) groups is 3. The number of imidazole rings is 1. The van der Waals surface area contributed by atoms with Gasteiger partial charge in [-0.1, -0.05) is 39.7 Å². The van der Waals surface area contributed by atoms with E-state index >= 15 is 0 Å². The molecule has 2 aromatic rings. The van der Waals surface area contributed by atoms with Gasteiger partial charge in [-0.3, -0.25) is 4.79 Å². The van der Waals surface area contributed by atoms with Crippen molar-refractivity contribution in [3.05, 3.63) is 41.0 Å². The van der Waals surface area contributed by atoms with Gasteiger partial charge in [0.05, 0.1) is 17.7 Å². The van der Waals surface area contributed by atoms with Crippen molar-refractivity contribution in [1.29, 1.82) is 0 Å². The molecule has 0 spiro atoms. The Labute approximate surface area is 229 Å². The predicted octanol–water partition coefficient (Wildman–Crippen LogP) is 5.16. The number of esters is 1. The molecule has 0 radical (unpaired) electrons. The lowest BCUT2D eigenvalue weighted by molar-refractivity contribution is -0.131. The van der Waals surface area contributed by atoms with Gasteiger partial charge in [0.25, 0.3) is 0 Å². The molecule has 1 aromatic heterocycles. The number of nitrogens with zero attached hydrogens (tertiary/aromatic N) is 2. The van der Waals surface area contributed by atoms with E-state index in [-0.39, 0.29) is 31.4 Å². The number of ether oxygens (including phenoxy) is 4. The van der Waals surface area contributed by atoms with Gasteiger partial charge in [-0.15, -0.1) is 0 Å². The van der Waals surface area contributed by atoms with Gasteiger partial charge in [0.1, 0.15) is 23.7 Å². The summed E-state index contributed by atoms with van der Waals surface area (Å²) in [6.07, 6.45) is 3.07. The van der Waals surface area contributed by atoms with Crippen molar-refractivity contribution in [2.75, 3.05) is 13.4 Å². The number of rotatable bonds is 10. The summed E-state index contributed by atoms with van der Waals surface area (Å²) in [5.74, 6) is -0.0192. The van der Waals surface area contributed by atoms with Gasteiger partial charge < -0.3 is 23.9 Å². The molecule has 1 N–H and O–H groups in total. The fourth-order valence-corrected chi connectivity index (χ4v) is 4.79. The highest BCUT2D eigenvalue weighted by atomic mass is 16.7. The number of aryl methyl sites for hydroxylation is 1. The van der Waals surface area contributed by atoms with Crippen LogP contribution in [0.15, 0.2) is 18.2 Å². The zero-order valence-electron chi connectivity index (χ0n) is 23.7. The maximum atomic E-state index is 14.1. The number of carbonyl (C=O) groups excluding carboxylic acids is 3. The molecule has 0 bridgehead atoms. The fraction of sp³-hybridized carbons (Fsp3) is 0.586. The fourth-order valence-electron chi connectivity index (χ4n) is 4.79. The minimum Gasteiger partial charge on any atom is -0.455 e. The summed E-state index contributed by atoms with van der Waals surface area (Å²) in [6, 6.07) is 4.88. The summed E-state index contributed by atoms with van der Waals surface area (Å²) in [5.41, 5.74) is 0.551. The first-order valence-corrected chi connectivity index (χ1v) is 13.7. The minimum absolute atomic E-state index is 0.00526. The highest BCUT2D eigenvalue weighted by Gasteiger charge is 2.43. The quantitative estimate of drug-likeness (QED) is 0.324. The number of hydrogen-bond acceptors (Lipinski definition) is 8. The van der Waals surface area contributed by atoms with Crippen LogP contribution >= 0.6 is 0 Å². The van der Waals surface area contributed by atoms with Crippen molar-refractivity contribution in [3.8, 4) is 11.5 Å². The molecule has 39 heavy (non-hydrogen) atoms. The van der Waals surface area contributed by atoms with E-state index in [1.807, 2.05) is 13.8 Å². The zero-order valence-corrected chi connectivity index (χ0v) is 23.7. The van der Waals surface area contributed by atoms with E-state index in [0.717, 1.165) is 19.3 Å². The van der Waals surface area contributed by atoms with E-state index in [0.29, 0.717) is 35.0 Å². The molecule has 1 fully saturated rings. The molecule has 1 unspecified atom stereocenters. The van der Waals surface area contributed by atoms with Crippen LogP contribution in [-0.4, -0.2) is 57.9 Å². The van der Waals surface area contributed by atoms with E-state index in [4.69, 9.17) is 23.9 Å². The highest BCUT2D eigenvalue weighted by molar-refractivity contribution is 5.98. The largest absolute Gasteiger partial charge is 0.455 e. The van der Waals surface area contributed by atoms with E-state index in [1.54, 1.807) is 39.0 Å². The molecule has 0 saturated carbocycles. The van der Waals surface area contributed by atoms with E-state index < -0.39 is 35.5 Å². The van der Waals surface area contributed by atoms with Gasteiger partial charge in [-0.05, 0) is 50.8 Å². The van der Waals surface area contributed by atoms with Crippen molar-refractivity contribution in [1.82, 2.24) is 14.9 Å². The third kappa shape index (κ3) is 6.54. The second kappa shape index (κ2) is 11.7. The molecule has 2 atom stereocenters. The Morgan fingerprint density at radius 3 is 2.59 bits per heavy atom. The number of aromatic amines is 1. The maximum Gasteiger partial charge on any atom is 0.417 e. The zero-order chi connectivity index (χ0) is 28.3.